The first kappa shape index (κ1) is 17.1. The van der Waals surface area contributed by atoms with E-state index in [1.807, 2.05) is 29.2 Å². The second-order valence-electron chi connectivity index (χ2n) is 6.49. The number of carbonyl (C=O) groups is 1. The molecule has 1 atom stereocenters. The van der Waals surface area contributed by atoms with Gasteiger partial charge in [-0.1, -0.05) is 56.5 Å². The number of hydrogen-bond acceptors (Lipinski definition) is 1. The van der Waals surface area contributed by atoms with Crippen LogP contribution in [0.4, 0.5) is 4.79 Å². The van der Waals surface area contributed by atoms with Crippen molar-refractivity contribution in [2.24, 2.45) is 5.92 Å². The fraction of sp³-hybridized carbons (Fsp3) is 0.611. The molecule has 1 N–H and O–H groups in total. The Hall–Kier alpha value is -1.22. The van der Waals surface area contributed by atoms with Crippen LogP contribution >= 0.6 is 11.6 Å². The van der Waals surface area contributed by atoms with Gasteiger partial charge < -0.3 is 10.2 Å². The Morgan fingerprint density at radius 3 is 2.82 bits per heavy atom. The minimum Gasteiger partial charge on any atom is -0.338 e. The van der Waals surface area contributed by atoms with Gasteiger partial charge in [0.05, 0.1) is 6.04 Å². The Labute approximate surface area is 139 Å². The summed E-state index contributed by atoms with van der Waals surface area (Å²) in [6, 6.07) is 8.04. The summed E-state index contributed by atoms with van der Waals surface area (Å²) in [6.07, 6.45) is 5.39. The van der Waals surface area contributed by atoms with Crippen molar-refractivity contribution in [2.75, 3.05) is 13.1 Å². The zero-order chi connectivity index (χ0) is 15.9. The Morgan fingerprint density at radius 1 is 1.32 bits per heavy atom. The summed E-state index contributed by atoms with van der Waals surface area (Å²) in [5.41, 5.74) is 1.07. The third-order valence-electron chi connectivity index (χ3n) is 4.28. The molecule has 0 radical (unpaired) electrons. The summed E-state index contributed by atoms with van der Waals surface area (Å²) in [5, 5.41) is 3.83. The average molecular weight is 323 g/mol. The van der Waals surface area contributed by atoms with Crippen molar-refractivity contribution in [1.82, 2.24) is 10.2 Å². The number of nitrogens with zero attached hydrogens (tertiary/aromatic N) is 1. The lowest BCUT2D eigenvalue weighted by Crippen LogP contribution is -2.42. The fourth-order valence-electron chi connectivity index (χ4n) is 2.99. The molecule has 4 heteroatoms. The van der Waals surface area contributed by atoms with E-state index in [9.17, 15) is 4.79 Å². The highest BCUT2D eigenvalue weighted by atomic mass is 35.5. The van der Waals surface area contributed by atoms with Crippen molar-refractivity contribution in [2.45, 2.75) is 52.0 Å². The molecule has 1 saturated heterocycles. The van der Waals surface area contributed by atoms with Crippen molar-refractivity contribution in [3.8, 4) is 0 Å². The van der Waals surface area contributed by atoms with E-state index in [1.165, 1.54) is 6.42 Å². The molecule has 1 aromatic rings. The minimum atomic E-state index is 0.0486. The summed E-state index contributed by atoms with van der Waals surface area (Å²) >= 11 is 6.37. The summed E-state index contributed by atoms with van der Waals surface area (Å²) in [6.45, 7) is 5.89. The van der Waals surface area contributed by atoms with Crippen LogP contribution in [0.3, 0.4) is 0 Å². The van der Waals surface area contributed by atoms with Crippen molar-refractivity contribution in [3.63, 3.8) is 0 Å². The van der Waals surface area contributed by atoms with Crippen LogP contribution in [0.5, 0.6) is 0 Å². The monoisotopic (exact) mass is 322 g/mol. The lowest BCUT2D eigenvalue weighted by atomic mass is 10.0. The van der Waals surface area contributed by atoms with E-state index >= 15 is 0 Å². The molecule has 0 unspecified atom stereocenters. The summed E-state index contributed by atoms with van der Waals surface area (Å²) in [5.74, 6) is 0.601. The molecule has 1 heterocycles. The first-order valence-electron chi connectivity index (χ1n) is 8.38. The number of carbonyl (C=O) groups excluding carboxylic acids is 1. The molecule has 1 aliphatic heterocycles. The molecule has 0 aromatic heterocycles. The second kappa shape index (κ2) is 8.42. The highest BCUT2D eigenvalue weighted by molar-refractivity contribution is 6.31. The van der Waals surface area contributed by atoms with Gasteiger partial charge in [-0.05, 0) is 36.8 Å². The molecule has 22 heavy (non-hydrogen) atoms. The Morgan fingerprint density at radius 2 is 2.09 bits per heavy atom. The third-order valence-corrected chi connectivity index (χ3v) is 4.62. The predicted octanol–water partition coefficient (Wildman–Crippen LogP) is 5.01. The molecule has 2 amide bonds. The largest absolute Gasteiger partial charge is 0.338 e. The smallest absolute Gasteiger partial charge is 0.317 e. The van der Waals surface area contributed by atoms with Crippen LogP contribution in [-0.4, -0.2) is 24.0 Å². The zero-order valence-corrected chi connectivity index (χ0v) is 14.4. The topological polar surface area (TPSA) is 32.3 Å². The summed E-state index contributed by atoms with van der Waals surface area (Å²) in [4.78, 5) is 14.6. The fourth-order valence-corrected chi connectivity index (χ4v) is 3.25. The van der Waals surface area contributed by atoms with Gasteiger partial charge in [0, 0.05) is 18.1 Å². The van der Waals surface area contributed by atoms with Gasteiger partial charge in [0.15, 0.2) is 0 Å². The lowest BCUT2D eigenvalue weighted by molar-refractivity contribution is 0.175. The molecule has 0 spiro atoms. The molecule has 0 aliphatic carbocycles. The Balaban J connectivity index is 2.10. The van der Waals surface area contributed by atoms with Gasteiger partial charge >= 0.3 is 6.03 Å². The lowest BCUT2D eigenvalue weighted by Gasteiger charge is -2.31. The van der Waals surface area contributed by atoms with E-state index in [0.29, 0.717) is 5.92 Å². The number of halogens is 1. The minimum absolute atomic E-state index is 0.0486. The van der Waals surface area contributed by atoms with Gasteiger partial charge in [-0.3, -0.25) is 0 Å². The van der Waals surface area contributed by atoms with Gasteiger partial charge in [0.1, 0.15) is 0 Å². The first-order chi connectivity index (χ1) is 10.6. The maximum Gasteiger partial charge on any atom is 0.317 e. The number of urea groups is 1. The SMILES string of the molecule is CC(C)CCNC(=O)N1CCCCC[C@@H]1c1ccccc1Cl. The molecule has 1 aromatic carbocycles. The molecule has 3 nitrogen and oxygen atoms in total. The normalized spacial score (nSPS) is 19.1. The molecule has 0 saturated carbocycles. The molecular formula is C18H27ClN2O. The number of hydrogen-bond donors (Lipinski definition) is 1. The second-order valence-corrected chi connectivity index (χ2v) is 6.90. The van der Waals surface area contributed by atoms with Crippen LogP contribution in [0.15, 0.2) is 24.3 Å². The quantitative estimate of drug-likeness (QED) is 0.830. The van der Waals surface area contributed by atoms with E-state index in [4.69, 9.17) is 11.6 Å². The molecular weight excluding hydrogens is 296 g/mol. The molecule has 2 rings (SSSR count). The van der Waals surface area contributed by atoms with Gasteiger partial charge in [-0.2, -0.15) is 0 Å². The molecule has 1 fully saturated rings. The van der Waals surface area contributed by atoms with E-state index in [0.717, 1.165) is 49.4 Å². The Kier molecular flexibility index (Phi) is 6.56. The van der Waals surface area contributed by atoms with Gasteiger partial charge in [0.25, 0.3) is 0 Å². The van der Waals surface area contributed by atoms with Crippen LogP contribution in [0.1, 0.15) is 57.6 Å². The molecule has 0 bridgehead atoms. The summed E-state index contributed by atoms with van der Waals surface area (Å²) < 4.78 is 0. The maximum atomic E-state index is 12.6. The Bertz CT molecular complexity index is 490. The predicted molar refractivity (Wildman–Crippen MR) is 92.2 cm³/mol. The first-order valence-corrected chi connectivity index (χ1v) is 8.76. The van der Waals surface area contributed by atoms with Crippen molar-refractivity contribution >= 4 is 17.6 Å². The number of likely N-dealkylation sites (tertiary alicyclic amines) is 1. The highest BCUT2D eigenvalue weighted by Crippen LogP contribution is 2.34. The maximum absolute atomic E-state index is 12.6. The van der Waals surface area contributed by atoms with Gasteiger partial charge in [0.2, 0.25) is 0 Å². The van der Waals surface area contributed by atoms with Crippen LogP contribution in [0, 0.1) is 5.92 Å². The van der Waals surface area contributed by atoms with E-state index < -0.39 is 0 Å². The number of rotatable bonds is 4. The number of amides is 2. The summed E-state index contributed by atoms with van der Waals surface area (Å²) in [7, 11) is 0. The van der Waals surface area contributed by atoms with Crippen molar-refractivity contribution in [3.05, 3.63) is 34.9 Å². The van der Waals surface area contributed by atoms with Gasteiger partial charge in [-0.25, -0.2) is 4.79 Å². The van der Waals surface area contributed by atoms with E-state index in [1.54, 1.807) is 0 Å². The zero-order valence-electron chi connectivity index (χ0n) is 13.6. The van der Waals surface area contributed by atoms with E-state index in [-0.39, 0.29) is 12.1 Å². The average Bonchev–Trinajstić information content (AvgIpc) is 2.73. The van der Waals surface area contributed by atoms with Gasteiger partial charge in [-0.15, -0.1) is 0 Å². The van der Waals surface area contributed by atoms with Crippen molar-refractivity contribution < 1.29 is 4.79 Å². The van der Waals surface area contributed by atoms with Crippen LogP contribution in [0.25, 0.3) is 0 Å². The van der Waals surface area contributed by atoms with Crippen LogP contribution in [0.2, 0.25) is 5.02 Å². The van der Waals surface area contributed by atoms with Crippen LogP contribution < -0.4 is 5.32 Å². The molecule has 122 valence electrons. The standard InChI is InChI=1S/C18H27ClN2O/c1-14(2)11-12-20-18(22)21-13-7-3-4-10-17(21)15-8-5-6-9-16(15)19/h5-6,8-9,14,17H,3-4,7,10-13H2,1-2H3,(H,20,22)/t17-/m1/s1. The molecule has 1 aliphatic rings. The number of benzene rings is 1. The third kappa shape index (κ3) is 4.64. The number of nitrogens with one attached hydrogen (secondary N) is 1. The van der Waals surface area contributed by atoms with E-state index in [2.05, 4.69) is 19.2 Å². The van der Waals surface area contributed by atoms with Crippen molar-refractivity contribution in [1.29, 1.82) is 0 Å². The van der Waals surface area contributed by atoms with Crippen LogP contribution in [-0.2, 0) is 0 Å². The highest BCUT2D eigenvalue weighted by Gasteiger charge is 2.27.